The Morgan fingerprint density at radius 2 is 1.83 bits per heavy atom. The minimum absolute atomic E-state index is 0.0759. The van der Waals surface area contributed by atoms with Crippen LogP contribution < -0.4 is 9.47 Å². The first-order chi connectivity index (χ1) is 17.3. The van der Waals surface area contributed by atoms with E-state index in [2.05, 4.69) is 13.8 Å². The molecule has 0 atom stereocenters. The summed E-state index contributed by atoms with van der Waals surface area (Å²) in [5.74, 6) is 0.831. The SMILES string of the molecule is COc1cc(/C=C2\SC(=Nc3ccc(Cl)cc3)N(CC(C)C)C2=O)ccc1OCc1ccccc1F. The molecule has 4 rings (SSSR count). The van der Waals surface area contributed by atoms with Crippen molar-refractivity contribution in [1.29, 1.82) is 0 Å². The van der Waals surface area contributed by atoms with Crippen LogP contribution in [-0.2, 0) is 11.4 Å². The third kappa shape index (κ3) is 6.28. The number of hydrogen-bond donors (Lipinski definition) is 0. The lowest BCUT2D eigenvalue weighted by molar-refractivity contribution is -0.122. The molecule has 1 aliphatic rings. The fourth-order valence-corrected chi connectivity index (χ4v) is 4.69. The fourth-order valence-electron chi connectivity index (χ4n) is 3.56. The number of carbonyl (C=O) groups excluding carboxylic acids is 1. The molecular formula is C28H26ClFN2O3S. The maximum atomic E-state index is 13.9. The van der Waals surface area contributed by atoms with E-state index in [1.54, 1.807) is 54.5 Å². The maximum Gasteiger partial charge on any atom is 0.266 e. The molecule has 3 aromatic carbocycles. The average molecular weight is 525 g/mol. The molecule has 5 nitrogen and oxygen atoms in total. The normalized spacial score (nSPS) is 15.8. The quantitative estimate of drug-likeness (QED) is 0.289. The van der Waals surface area contributed by atoms with E-state index < -0.39 is 0 Å². The smallest absolute Gasteiger partial charge is 0.266 e. The van der Waals surface area contributed by atoms with Gasteiger partial charge in [-0.25, -0.2) is 9.38 Å². The molecule has 1 saturated heterocycles. The van der Waals surface area contributed by atoms with Gasteiger partial charge < -0.3 is 9.47 Å². The summed E-state index contributed by atoms with van der Waals surface area (Å²) in [5, 5.41) is 1.25. The van der Waals surface area contributed by atoms with Crippen molar-refractivity contribution >= 4 is 46.2 Å². The average Bonchev–Trinajstić information content (AvgIpc) is 3.13. The Labute approximate surface area is 219 Å². The molecule has 0 aliphatic carbocycles. The highest BCUT2D eigenvalue weighted by atomic mass is 35.5. The second-order valence-electron chi connectivity index (χ2n) is 8.58. The van der Waals surface area contributed by atoms with Gasteiger partial charge in [0, 0.05) is 17.1 Å². The van der Waals surface area contributed by atoms with E-state index in [0.717, 1.165) is 11.3 Å². The lowest BCUT2D eigenvalue weighted by Crippen LogP contribution is -2.32. The van der Waals surface area contributed by atoms with Crippen LogP contribution in [0.25, 0.3) is 6.08 Å². The number of methoxy groups -OCH3 is 1. The molecule has 1 amide bonds. The zero-order chi connectivity index (χ0) is 25.7. The van der Waals surface area contributed by atoms with E-state index in [1.165, 1.54) is 17.8 Å². The van der Waals surface area contributed by atoms with E-state index >= 15 is 0 Å². The summed E-state index contributed by atoms with van der Waals surface area (Å²) < 4.78 is 25.2. The van der Waals surface area contributed by atoms with Crippen molar-refractivity contribution in [3.8, 4) is 11.5 Å². The van der Waals surface area contributed by atoms with Crippen LogP contribution in [-0.4, -0.2) is 29.6 Å². The van der Waals surface area contributed by atoms with Crippen LogP contribution in [0.3, 0.4) is 0 Å². The van der Waals surface area contributed by atoms with E-state index in [4.69, 9.17) is 26.1 Å². The van der Waals surface area contributed by atoms with E-state index in [1.807, 2.05) is 24.3 Å². The van der Waals surface area contributed by atoms with Gasteiger partial charge in [-0.15, -0.1) is 0 Å². The Morgan fingerprint density at radius 1 is 1.08 bits per heavy atom. The number of amidine groups is 1. The molecule has 0 bridgehead atoms. The van der Waals surface area contributed by atoms with Crippen LogP contribution in [0.1, 0.15) is 25.0 Å². The van der Waals surface area contributed by atoms with Crippen molar-refractivity contribution < 1.29 is 18.7 Å². The topological polar surface area (TPSA) is 51.1 Å². The Hall–Kier alpha value is -3.29. The van der Waals surface area contributed by atoms with Gasteiger partial charge in [-0.3, -0.25) is 9.69 Å². The van der Waals surface area contributed by atoms with Crippen molar-refractivity contribution in [2.45, 2.75) is 20.5 Å². The Morgan fingerprint density at radius 3 is 2.53 bits per heavy atom. The minimum Gasteiger partial charge on any atom is -0.493 e. The number of rotatable bonds is 8. The first kappa shape index (κ1) is 25.8. The monoisotopic (exact) mass is 524 g/mol. The summed E-state index contributed by atoms with van der Waals surface area (Å²) in [7, 11) is 1.54. The molecule has 1 heterocycles. The molecule has 1 aliphatic heterocycles. The number of halogens is 2. The second kappa shape index (κ2) is 11.6. The van der Waals surface area contributed by atoms with Crippen molar-refractivity contribution in [3.63, 3.8) is 0 Å². The predicted octanol–water partition coefficient (Wildman–Crippen LogP) is 7.33. The lowest BCUT2D eigenvalue weighted by atomic mass is 10.1. The Balaban J connectivity index is 1.57. The van der Waals surface area contributed by atoms with Crippen molar-refractivity contribution in [2.75, 3.05) is 13.7 Å². The van der Waals surface area contributed by atoms with Gasteiger partial charge in [0.25, 0.3) is 5.91 Å². The number of benzene rings is 3. The third-order valence-electron chi connectivity index (χ3n) is 5.31. The highest BCUT2D eigenvalue weighted by Crippen LogP contribution is 2.36. The first-order valence-corrected chi connectivity index (χ1v) is 12.6. The Kier molecular flexibility index (Phi) is 8.33. The van der Waals surface area contributed by atoms with Crippen molar-refractivity contribution in [1.82, 2.24) is 4.90 Å². The first-order valence-electron chi connectivity index (χ1n) is 11.4. The van der Waals surface area contributed by atoms with Crippen LogP contribution in [0.15, 0.2) is 76.6 Å². The standard InChI is InChI=1S/C28H26ClFN2O3S/c1-18(2)16-32-27(33)26(36-28(32)31-22-11-9-21(29)10-12-22)15-19-8-13-24(25(14-19)34-3)35-17-20-6-4-5-7-23(20)30/h4-15,18H,16-17H2,1-3H3/b26-15-,31-28?. The maximum absolute atomic E-state index is 13.9. The van der Waals surface area contributed by atoms with Gasteiger partial charge >= 0.3 is 0 Å². The van der Waals surface area contributed by atoms with Crippen LogP contribution in [0.5, 0.6) is 11.5 Å². The second-order valence-corrected chi connectivity index (χ2v) is 10.0. The van der Waals surface area contributed by atoms with Crippen LogP contribution in [0.4, 0.5) is 10.1 Å². The van der Waals surface area contributed by atoms with E-state index in [9.17, 15) is 9.18 Å². The van der Waals surface area contributed by atoms with E-state index in [-0.39, 0.29) is 24.2 Å². The molecule has 36 heavy (non-hydrogen) atoms. The number of amides is 1. The van der Waals surface area contributed by atoms with Gasteiger partial charge in [-0.1, -0.05) is 49.7 Å². The minimum atomic E-state index is -0.323. The third-order valence-corrected chi connectivity index (χ3v) is 6.57. The van der Waals surface area contributed by atoms with Crippen LogP contribution in [0.2, 0.25) is 5.02 Å². The number of hydrogen-bond acceptors (Lipinski definition) is 5. The van der Waals surface area contributed by atoms with Gasteiger partial charge in [0.1, 0.15) is 12.4 Å². The molecule has 0 spiro atoms. The van der Waals surface area contributed by atoms with E-state index in [0.29, 0.717) is 38.7 Å². The molecular weight excluding hydrogens is 499 g/mol. The number of nitrogens with zero attached hydrogens (tertiary/aromatic N) is 2. The van der Waals surface area contributed by atoms with Gasteiger partial charge in [-0.2, -0.15) is 0 Å². The number of thioether (sulfide) groups is 1. The number of ether oxygens (including phenoxy) is 2. The molecule has 0 aromatic heterocycles. The molecule has 0 saturated carbocycles. The molecule has 1 fully saturated rings. The lowest BCUT2D eigenvalue weighted by Gasteiger charge is -2.17. The summed E-state index contributed by atoms with van der Waals surface area (Å²) in [4.78, 5) is 20.2. The zero-order valence-corrected chi connectivity index (χ0v) is 21.8. The van der Waals surface area contributed by atoms with Gasteiger partial charge in [0.05, 0.1) is 17.7 Å². The fraction of sp³-hybridized carbons (Fsp3) is 0.214. The summed E-state index contributed by atoms with van der Waals surface area (Å²) in [6.45, 7) is 4.75. The highest BCUT2D eigenvalue weighted by molar-refractivity contribution is 8.18. The molecule has 0 N–H and O–H groups in total. The molecule has 8 heteroatoms. The van der Waals surface area contributed by atoms with Crippen LogP contribution >= 0.6 is 23.4 Å². The summed E-state index contributed by atoms with van der Waals surface area (Å²) in [5.41, 5.74) is 1.96. The molecule has 3 aromatic rings. The molecule has 0 radical (unpaired) electrons. The van der Waals surface area contributed by atoms with Gasteiger partial charge in [-0.05, 0) is 71.8 Å². The predicted molar refractivity (Wildman–Crippen MR) is 144 cm³/mol. The van der Waals surface area contributed by atoms with Gasteiger partial charge in [0.15, 0.2) is 16.7 Å². The summed E-state index contributed by atoms with van der Waals surface area (Å²) >= 11 is 7.32. The van der Waals surface area contributed by atoms with Crippen molar-refractivity contribution in [2.24, 2.45) is 10.9 Å². The van der Waals surface area contributed by atoms with Crippen LogP contribution in [0, 0.1) is 11.7 Å². The van der Waals surface area contributed by atoms with Crippen molar-refractivity contribution in [3.05, 3.63) is 93.6 Å². The Bertz CT molecular complexity index is 1310. The molecule has 186 valence electrons. The van der Waals surface area contributed by atoms with Gasteiger partial charge in [0.2, 0.25) is 0 Å². The number of aliphatic imine (C=N–C) groups is 1. The number of carbonyl (C=O) groups is 1. The highest BCUT2D eigenvalue weighted by Gasteiger charge is 2.33. The molecule has 0 unspecified atom stereocenters. The zero-order valence-electron chi connectivity index (χ0n) is 20.2. The largest absolute Gasteiger partial charge is 0.493 e. The summed E-state index contributed by atoms with van der Waals surface area (Å²) in [6.07, 6.45) is 1.81. The summed E-state index contributed by atoms with van der Waals surface area (Å²) in [6, 6.07) is 19.0.